The maximum absolute atomic E-state index is 14.0. The third-order valence-corrected chi connectivity index (χ3v) is 8.16. The van der Waals surface area contributed by atoms with E-state index in [-0.39, 0.29) is 18.5 Å². The molecule has 2 fully saturated rings. The van der Waals surface area contributed by atoms with Gasteiger partial charge in [-0.2, -0.15) is 18.4 Å². The molecule has 41 heavy (non-hydrogen) atoms. The molecule has 5 rings (SSSR count). The van der Waals surface area contributed by atoms with Crippen molar-refractivity contribution in [1.82, 2.24) is 30.5 Å². The van der Waals surface area contributed by atoms with Gasteiger partial charge in [0.15, 0.2) is 5.92 Å². The van der Waals surface area contributed by atoms with Gasteiger partial charge in [-0.05, 0) is 30.3 Å². The summed E-state index contributed by atoms with van der Waals surface area (Å²) in [5.74, 6) is -2.41. The fourth-order valence-corrected chi connectivity index (χ4v) is 5.98. The minimum atomic E-state index is -4.67. The average molecular weight is 571 g/mol. The van der Waals surface area contributed by atoms with E-state index in [9.17, 15) is 22.8 Å². The van der Waals surface area contributed by atoms with Gasteiger partial charge in [0.1, 0.15) is 11.9 Å². The summed E-state index contributed by atoms with van der Waals surface area (Å²) in [5, 5.41) is 8.96. The van der Waals surface area contributed by atoms with Crippen LogP contribution in [0.5, 0.6) is 0 Å². The van der Waals surface area contributed by atoms with Gasteiger partial charge in [-0.25, -0.2) is 10.4 Å². The van der Waals surface area contributed by atoms with Crippen molar-refractivity contribution in [2.45, 2.75) is 31.2 Å². The number of benzene rings is 1. The van der Waals surface area contributed by atoms with E-state index in [1.165, 1.54) is 6.20 Å². The smallest absolute Gasteiger partial charge is 0.353 e. The number of aromatic nitrogens is 1. The third-order valence-electron chi connectivity index (χ3n) is 8.16. The number of likely N-dealkylation sites (N-methyl/N-ethyl adjacent to an activating group) is 1. The lowest BCUT2D eigenvalue weighted by Crippen LogP contribution is -2.64. The first kappa shape index (κ1) is 28.8. The van der Waals surface area contributed by atoms with Crippen molar-refractivity contribution in [2.75, 3.05) is 57.8 Å². The summed E-state index contributed by atoms with van der Waals surface area (Å²) < 4.78 is 41.9. The summed E-state index contributed by atoms with van der Waals surface area (Å²) in [4.78, 5) is 37.3. The van der Waals surface area contributed by atoms with Crippen molar-refractivity contribution < 1.29 is 22.8 Å². The van der Waals surface area contributed by atoms with E-state index < -0.39 is 24.0 Å². The minimum Gasteiger partial charge on any atom is -0.353 e. The van der Waals surface area contributed by atoms with Crippen LogP contribution in [0, 0.1) is 17.2 Å². The summed E-state index contributed by atoms with van der Waals surface area (Å²) in [6, 6.07) is 11.8. The number of nitrogens with one attached hydrogen (secondary N) is 2. The molecule has 13 heteroatoms. The Balaban J connectivity index is 1.19. The highest BCUT2D eigenvalue weighted by atomic mass is 19.4. The van der Waals surface area contributed by atoms with Crippen molar-refractivity contribution in [3.8, 4) is 6.07 Å². The van der Waals surface area contributed by atoms with Gasteiger partial charge < -0.3 is 14.7 Å². The molecule has 0 bridgehead atoms. The molecule has 0 aliphatic carbocycles. The van der Waals surface area contributed by atoms with Crippen molar-refractivity contribution in [1.29, 1.82) is 5.26 Å². The molecule has 0 spiro atoms. The van der Waals surface area contributed by atoms with E-state index in [2.05, 4.69) is 26.8 Å². The predicted molar refractivity (Wildman–Crippen MR) is 144 cm³/mol. The lowest BCUT2D eigenvalue weighted by molar-refractivity contribution is -0.202. The minimum absolute atomic E-state index is 0.0213. The van der Waals surface area contributed by atoms with Gasteiger partial charge >= 0.3 is 6.18 Å². The van der Waals surface area contributed by atoms with Crippen LogP contribution in [0.15, 0.2) is 42.6 Å². The van der Waals surface area contributed by atoms with Gasteiger partial charge in [0.25, 0.3) is 0 Å². The SMILES string of the molecule is CN(CCC(=O)N1CCN(c2ccc(C#N)cn2)CC1)C[C@H]1c2ccccc2CN1C1CNNC(=O)C1C(F)(F)F. The van der Waals surface area contributed by atoms with Crippen molar-refractivity contribution in [3.05, 3.63) is 59.3 Å². The molecule has 2 aromatic rings. The molecular weight excluding hydrogens is 537 g/mol. The molecule has 2 unspecified atom stereocenters. The van der Waals surface area contributed by atoms with Gasteiger partial charge in [-0.3, -0.25) is 19.9 Å². The zero-order chi connectivity index (χ0) is 29.1. The Morgan fingerprint density at radius 3 is 2.61 bits per heavy atom. The summed E-state index contributed by atoms with van der Waals surface area (Å²) in [5.41, 5.74) is 7.17. The number of alkyl halides is 3. The van der Waals surface area contributed by atoms with Crippen LogP contribution in [0.1, 0.15) is 29.2 Å². The fraction of sp³-hybridized carbons (Fsp3) is 0.500. The van der Waals surface area contributed by atoms with Crippen LogP contribution in [0.2, 0.25) is 0 Å². The van der Waals surface area contributed by atoms with Crippen molar-refractivity contribution in [3.63, 3.8) is 0 Å². The summed E-state index contributed by atoms with van der Waals surface area (Å²) in [7, 11) is 1.87. The molecule has 218 valence electrons. The summed E-state index contributed by atoms with van der Waals surface area (Å²) in [6.45, 7) is 3.56. The highest BCUT2D eigenvalue weighted by Gasteiger charge is 2.54. The molecule has 2 amide bonds. The standard InChI is InChI=1S/C28H33F3N8O2/c1-36(9-8-25(40)38-12-10-37(11-13-38)24-7-6-19(14-32)15-33-24)18-23-21-5-3-2-4-20(21)17-39(23)22-16-34-35-27(41)26(22)28(29,30)31/h2-7,15,22-23,26,34H,8-13,16-18H2,1H3,(H,35,41)/t22?,23-,26?/m0/s1. The normalized spacial score (nSPS) is 23.3. The van der Waals surface area contributed by atoms with E-state index in [4.69, 9.17) is 5.26 Å². The molecule has 2 N–H and O–H groups in total. The molecule has 3 aliphatic rings. The number of hydrazine groups is 1. The van der Waals surface area contributed by atoms with Gasteiger partial charge in [0.2, 0.25) is 11.8 Å². The number of anilines is 1. The number of nitrogens with zero attached hydrogens (tertiary/aromatic N) is 6. The molecule has 3 atom stereocenters. The van der Waals surface area contributed by atoms with E-state index in [0.29, 0.717) is 57.8 Å². The number of piperazine rings is 1. The summed E-state index contributed by atoms with van der Waals surface area (Å²) in [6.07, 6.45) is -2.84. The number of rotatable bonds is 7. The van der Waals surface area contributed by atoms with Gasteiger partial charge in [0.05, 0.1) is 5.56 Å². The number of carbonyl (C=O) groups excluding carboxylic acids is 2. The maximum atomic E-state index is 14.0. The van der Waals surface area contributed by atoms with Crippen LogP contribution in [0.3, 0.4) is 0 Å². The average Bonchev–Trinajstić information content (AvgIpc) is 3.33. The number of halogens is 3. The molecule has 4 heterocycles. The zero-order valence-corrected chi connectivity index (χ0v) is 22.8. The first-order valence-electron chi connectivity index (χ1n) is 13.7. The number of amides is 2. The Morgan fingerprint density at radius 1 is 1.17 bits per heavy atom. The van der Waals surface area contributed by atoms with Crippen molar-refractivity contribution in [2.24, 2.45) is 5.92 Å². The molecule has 1 aromatic heterocycles. The number of fused-ring (bicyclic) bond motifs is 1. The summed E-state index contributed by atoms with van der Waals surface area (Å²) >= 11 is 0. The van der Waals surface area contributed by atoms with E-state index >= 15 is 0 Å². The number of carbonyl (C=O) groups is 2. The van der Waals surface area contributed by atoms with E-state index in [1.54, 1.807) is 11.0 Å². The Hall–Kier alpha value is -3.73. The van der Waals surface area contributed by atoms with Crippen LogP contribution in [0.4, 0.5) is 19.0 Å². The monoisotopic (exact) mass is 570 g/mol. The number of hydrogen-bond acceptors (Lipinski definition) is 8. The van der Waals surface area contributed by atoms with E-state index in [0.717, 1.165) is 16.9 Å². The maximum Gasteiger partial charge on any atom is 0.402 e. The molecule has 10 nitrogen and oxygen atoms in total. The van der Waals surface area contributed by atoms with Crippen LogP contribution >= 0.6 is 0 Å². The van der Waals surface area contributed by atoms with Crippen LogP contribution in [-0.4, -0.2) is 96.6 Å². The van der Waals surface area contributed by atoms with Crippen LogP contribution in [0.25, 0.3) is 0 Å². The Kier molecular flexibility index (Phi) is 8.44. The second-order valence-electron chi connectivity index (χ2n) is 10.7. The van der Waals surface area contributed by atoms with Gasteiger partial charge in [0, 0.05) is 77.1 Å². The molecule has 0 saturated carbocycles. The lowest BCUT2D eigenvalue weighted by Gasteiger charge is -2.42. The largest absolute Gasteiger partial charge is 0.402 e. The molecule has 3 aliphatic heterocycles. The first-order chi connectivity index (χ1) is 19.7. The second-order valence-corrected chi connectivity index (χ2v) is 10.7. The third kappa shape index (κ3) is 6.29. The Bertz CT molecular complexity index is 1290. The highest BCUT2D eigenvalue weighted by Crippen LogP contribution is 2.41. The lowest BCUT2D eigenvalue weighted by atomic mass is 9.93. The first-order valence-corrected chi connectivity index (χ1v) is 13.7. The molecule has 2 saturated heterocycles. The fourth-order valence-electron chi connectivity index (χ4n) is 5.98. The number of nitriles is 1. The molecular formula is C28H33F3N8O2. The molecule has 1 aromatic carbocycles. The van der Waals surface area contributed by atoms with Gasteiger partial charge in [-0.1, -0.05) is 24.3 Å². The zero-order valence-electron chi connectivity index (χ0n) is 22.8. The molecule has 0 radical (unpaired) electrons. The van der Waals surface area contributed by atoms with Crippen LogP contribution in [-0.2, 0) is 16.1 Å². The highest BCUT2D eigenvalue weighted by molar-refractivity contribution is 5.80. The van der Waals surface area contributed by atoms with Gasteiger partial charge in [-0.15, -0.1) is 0 Å². The van der Waals surface area contributed by atoms with Crippen LogP contribution < -0.4 is 15.8 Å². The Morgan fingerprint density at radius 2 is 1.93 bits per heavy atom. The number of hydrogen-bond donors (Lipinski definition) is 2. The van der Waals surface area contributed by atoms with E-state index in [1.807, 2.05) is 47.2 Å². The topological polar surface area (TPSA) is 108 Å². The Labute approximate surface area is 236 Å². The predicted octanol–water partition coefficient (Wildman–Crippen LogP) is 1.66. The van der Waals surface area contributed by atoms with Crippen molar-refractivity contribution >= 4 is 17.6 Å². The quantitative estimate of drug-likeness (QED) is 0.518. The second kappa shape index (κ2) is 12.0. The number of pyridine rings is 1.